The monoisotopic (exact) mass is 282 g/mol. The summed E-state index contributed by atoms with van der Waals surface area (Å²) in [6.45, 7) is 8.20. The number of amides is 1. The first-order valence-corrected chi connectivity index (χ1v) is 7.03. The highest BCUT2D eigenvalue weighted by molar-refractivity contribution is 6.08. The minimum Gasteiger partial charge on any atom is -0.307 e. The molecule has 0 atom stereocenters. The molecule has 0 unspecified atom stereocenters. The summed E-state index contributed by atoms with van der Waals surface area (Å²) < 4.78 is 0. The van der Waals surface area contributed by atoms with Gasteiger partial charge in [-0.25, -0.2) is 0 Å². The number of anilines is 1. The van der Waals surface area contributed by atoms with Gasteiger partial charge in [0.25, 0.3) is 5.91 Å². The second-order valence-corrected chi connectivity index (χ2v) is 5.34. The zero-order valence-corrected chi connectivity index (χ0v) is 13.2. The number of benzene rings is 1. The van der Waals surface area contributed by atoms with Crippen molar-refractivity contribution in [2.75, 3.05) is 11.4 Å². The molecular weight excluding hydrogens is 260 g/mol. The molecule has 0 bridgehead atoms. The maximum atomic E-state index is 12.8. The molecule has 0 aliphatic rings. The van der Waals surface area contributed by atoms with Crippen molar-refractivity contribution < 1.29 is 4.79 Å². The lowest BCUT2D eigenvalue weighted by molar-refractivity contribution is -0.114. The minimum absolute atomic E-state index is 0.0577. The number of nitrogens with zero attached hydrogens (tertiary/aromatic N) is 2. The summed E-state index contributed by atoms with van der Waals surface area (Å²) in [5.41, 5.74) is 3.56. The summed E-state index contributed by atoms with van der Waals surface area (Å²) in [7, 11) is 0. The van der Waals surface area contributed by atoms with Crippen molar-refractivity contribution in [1.29, 1.82) is 5.26 Å². The van der Waals surface area contributed by atoms with Crippen LogP contribution in [-0.2, 0) is 4.79 Å². The van der Waals surface area contributed by atoms with Crippen LogP contribution in [0.3, 0.4) is 0 Å². The molecule has 1 rings (SSSR count). The average Bonchev–Trinajstić information content (AvgIpc) is 2.45. The molecule has 0 aromatic heterocycles. The number of hydrogen-bond donors (Lipinski definition) is 0. The van der Waals surface area contributed by atoms with Gasteiger partial charge in [-0.2, -0.15) is 5.26 Å². The Balaban J connectivity index is 3.20. The van der Waals surface area contributed by atoms with Crippen LogP contribution in [0.2, 0.25) is 0 Å². The summed E-state index contributed by atoms with van der Waals surface area (Å²) in [6.07, 6.45) is 2.21. The lowest BCUT2D eigenvalue weighted by Crippen LogP contribution is -2.33. The maximum Gasteiger partial charge on any atom is 0.258 e. The van der Waals surface area contributed by atoms with Gasteiger partial charge in [-0.1, -0.05) is 35.4 Å². The van der Waals surface area contributed by atoms with Gasteiger partial charge >= 0.3 is 0 Å². The zero-order valence-electron chi connectivity index (χ0n) is 13.2. The van der Waals surface area contributed by atoms with E-state index in [1.54, 1.807) is 4.90 Å². The van der Waals surface area contributed by atoms with E-state index in [1.165, 1.54) is 0 Å². The Kier molecular flexibility index (Phi) is 6.42. The van der Waals surface area contributed by atoms with Crippen molar-refractivity contribution >= 4 is 11.6 Å². The number of nitriles is 1. The Morgan fingerprint density at radius 2 is 1.81 bits per heavy atom. The van der Waals surface area contributed by atoms with Gasteiger partial charge in [0.05, 0.1) is 12.5 Å². The summed E-state index contributed by atoms with van der Waals surface area (Å²) in [5, 5.41) is 8.83. The Morgan fingerprint density at radius 1 is 1.19 bits per heavy atom. The predicted molar refractivity (Wildman–Crippen MR) is 86.8 cm³/mol. The molecule has 1 aromatic rings. The van der Waals surface area contributed by atoms with Crippen LogP contribution in [-0.4, -0.2) is 12.5 Å². The number of hydrogen-bond acceptors (Lipinski definition) is 2. The standard InChI is InChI=1S/C18H22N2O/c1-14(2)13-17(15(3)4)18(21)20(12-8-11-19)16-9-6-5-7-10-16/h5-7,9-10,13H,8,12H2,1-4H3. The first-order chi connectivity index (χ1) is 9.97. The molecule has 0 spiro atoms. The fraction of sp³-hybridized carbons (Fsp3) is 0.333. The molecule has 21 heavy (non-hydrogen) atoms. The van der Waals surface area contributed by atoms with Crippen molar-refractivity contribution in [2.24, 2.45) is 0 Å². The van der Waals surface area contributed by atoms with E-state index in [0.717, 1.165) is 16.8 Å². The van der Waals surface area contributed by atoms with Crippen molar-refractivity contribution in [3.63, 3.8) is 0 Å². The molecule has 1 amide bonds. The van der Waals surface area contributed by atoms with Crippen LogP contribution in [0.1, 0.15) is 34.1 Å². The van der Waals surface area contributed by atoms with Gasteiger partial charge in [0.2, 0.25) is 0 Å². The number of allylic oxidation sites excluding steroid dienone is 2. The summed E-state index contributed by atoms with van der Waals surface area (Å²) in [4.78, 5) is 14.5. The summed E-state index contributed by atoms with van der Waals surface area (Å²) >= 11 is 0. The molecule has 3 heteroatoms. The molecule has 0 fully saturated rings. The van der Waals surface area contributed by atoms with E-state index >= 15 is 0 Å². The van der Waals surface area contributed by atoms with E-state index in [9.17, 15) is 4.79 Å². The van der Waals surface area contributed by atoms with Crippen LogP contribution in [0.15, 0.2) is 53.1 Å². The van der Waals surface area contributed by atoms with E-state index in [2.05, 4.69) is 6.07 Å². The van der Waals surface area contributed by atoms with Crippen LogP contribution >= 0.6 is 0 Å². The summed E-state index contributed by atoms with van der Waals surface area (Å²) in [6, 6.07) is 11.6. The Morgan fingerprint density at radius 3 is 2.29 bits per heavy atom. The Hall–Kier alpha value is -2.34. The van der Waals surface area contributed by atoms with E-state index in [-0.39, 0.29) is 5.91 Å². The normalized spacial score (nSPS) is 9.48. The highest BCUT2D eigenvalue weighted by Gasteiger charge is 2.19. The van der Waals surface area contributed by atoms with E-state index in [0.29, 0.717) is 18.5 Å². The topological polar surface area (TPSA) is 44.1 Å². The molecule has 3 nitrogen and oxygen atoms in total. The minimum atomic E-state index is -0.0577. The number of carbonyl (C=O) groups excluding carboxylic acids is 1. The van der Waals surface area contributed by atoms with Crippen molar-refractivity contribution in [3.8, 4) is 6.07 Å². The highest BCUT2D eigenvalue weighted by atomic mass is 16.2. The second kappa shape index (κ2) is 8.06. The van der Waals surface area contributed by atoms with Gasteiger partial charge in [-0.15, -0.1) is 0 Å². The SMILES string of the molecule is CC(C)=CC(C(=O)N(CCC#N)c1ccccc1)=C(C)C. The predicted octanol–water partition coefficient (Wildman–Crippen LogP) is 4.24. The van der Waals surface area contributed by atoms with Crippen molar-refractivity contribution in [1.82, 2.24) is 0 Å². The third-order valence-corrected chi connectivity index (χ3v) is 2.96. The first-order valence-electron chi connectivity index (χ1n) is 7.03. The maximum absolute atomic E-state index is 12.8. The van der Waals surface area contributed by atoms with Crippen molar-refractivity contribution in [2.45, 2.75) is 34.1 Å². The molecule has 1 aromatic carbocycles. The number of para-hydroxylation sites is 1. The first kappa shape index (κ1) is 16.7. The van der Waals surface area contributed by atoms with Gasteiger partial charge in [-0.3, -0.25) is 4.79 Å². The van der Waals surface area contributed by atoms with E-state index in [1.807, 2.05) is 64.1 Å². The zero-order chi connectivity index (χ0) is 15.8. The quantitative estimate of drug-likeness (QED) is 0.599. The third kappa shape index (κ3) is 4.92. The molecule has 0 heterocycles. The largest absolute Gasteiger partial charge is 0.307 e. The lowest BCUT2D eigenvalue weighted by atomic mass is 10.1. The number of rotatable bonds is 5. The molecule has 0 saturated heterocycles. The summed E-state index contributed by atoms with van der Waals surface area (Å²) in [5.74, 6) is -0.0577. The van der Waals surface area contributed by atoms with Gasteiger partial charge in [0.15, 0.2) is 0 Å². The number of carbonyl (C=O) groups is 1. The van der Waals surface area contributed by atoms with Gasteiger partial charge in [0.1, 0.15) is 0 Å². The fourth-order valence-electron chi connectivity index (χ4n) is 1.97. The van der Waals surface area contributed by atoms with Crippen LogP contribution in [0, 0.1) is 11.3 Å². The van der Waals surface area contributed by atoms with Crippen LogP contribution in [0.5, 0.6) is 0 Å². The Labute approximate surface area is 127 Å². The van der Waals surface area contributed by atoms with Crippen molar-refractivity contribution in [3.05, 3.63) is 53.1 Å². The smallest absolute Gasteiger partial charge is 0.258 e. The van der Waals surface area contributed by atoms with Crippen LogP contribution in [0.4, 0.5) is 5.69 Å². The third-order valence-electron chi connectivity index (χ3n) is 2.96. The Bertz CT molecular complexity index is 583. The molecule has 0 radical (unpaired) electrons. The molecule has 0 saturated carbocycles. The van der Waals surface area contributed by atoms with Crippen LogP contribution < -0.4 is 4.90 Å². The molecule has 0 aliphatic carbocycles. The molecular formula is C18H22N2O. The lowest BCUT2D eigenvalue weighted by Gasteiger charge is -2.23. The van der Waals surface area contributed by atoms with Gasteiger partial charge in [0, 0.05) is 17.8 Å². The fourth-order valence-corrected chi connectivity index (χ4v) is 1.97. The van der Waals surface area contributed by atoms with Gasteiger partial charge < -0.3 is 4.90 Å². The average molecular weight is 282 g/mol. The van der Waals surface area contributed by atoms with E-state index in [4.69, 9.17) is 5.26 Å². The molecule has 0 N–H and O–H groups in total. The second-order valence-electron chi connectivity index (χ2n) is 5.34. The van der Waals surface area contributed by atoms with Gasteiger partial charge in [-0.05, 0) is 39.8 Å². The highest BCUT2D eigenvalue weighted by Crippen LogP contribution is 2.19. The van der Waals surface area contributed by atoms with Crippen LogP contribution in [0.25, 0.3) is 0 Å². The molecule has 110 valence electrons. The molecule has 0 aliphatic heterocycles. The van der Waals surface area contributed by atoms with E-state index < -0.39 is 0 Å².